The molecule has 0 bridgehead atoms. The van der Waals surface area contributed by atoms with Crippen LogP contribution in [-0.4, -0.2) is 182 Å². The number of rotatable bonds is 42. The summed E-state index contributed by atoms with van der Waals surface area (Å²) in [7, 11) is 0. The Labute approximate surface area is 468 Å². The summed E-state index contributed by atoms with van der Waals surface area (Å²) in [6.45, 7) is 4.34. The Bertz CT molecular complexity index is 2050. The van der Waals surface area contributed by atoms with Gasteiger partial charge in [0.25, 0.3) is 0 Å². The van der Waals surface area contributed by atoms with Gasteiger partial charge < -0.3 is 105 Å². The van der Waals surface area contributed by atoms with Crippen LogP contribution in [0.15, 0.2) is 15.0 Å². The van der Waals surface area contributed by atoms with Crippen molar-refractivity contribution in [3.05, 3.63) is 0 Å². The molecule has 1 heterocycles. The van der Waals surface area contributed by atoms with E-state index in [1.54, 1.807) is 0 Å². The van der Waals surface area contributed by atoms with Gasteiger partial charge in [-0.2, -0.15) is 0 Å². The third kappa shape index (κ3) is 29.7. The molecule has 80 heavy (non-hydrogen) atoms. The van der Waals surface area contributed by atoms with E-state index in [0.29, 0.717) is 57.9 Å². The molecule has 0 radical (unpaired) electrons. The van der Waals surface area contributed by atoms with E-state index in [1.807, 2.05) is 13.8 Å². The van der Waals surface area contributed by atoms with Gasteiger partial charge in [-0.25, -0.2) is 4.79 Å². The van der Waals surface area contributed by atoms with Crippen LogP contribution in [0.4, 0.5) is 0 Å². The van der Waals surface area contributed by atoms with Gasteiger partial charge in [0, 0.05) is 26.2 Å². The Morgan fingerprint density at radius 1 is 0.512 bits per heavy atom. The van der Waals surface area contributed by atoms with Crippen LogP contribution < -0.4 is 94.6 Å². The number of nitrogens with one attached hydrogen (secondary N) is 7. The number of carbonyl (C=O) groups excluding carboxylic acids is 8. The molecule has 456 valence electrons. The van der Waals surface area contributed by atoms with Gasteiger partial charge in [0.1, 0.15) is 42.3 Å². The maximum atomic E-state index is 14.3. The van der Waals surface area contributed by atoms with Crippen LogP contribution in [-0.2, 0) is 43.2 Å². The van der Waals surface area contributed by atoms with Crippen molar-refractivity contribution in [3.63, 3.8) is 0 Å². The number of nitrogens with two attached hydrogens (primary N) is 10. The summed E-state index contributed by atoms with van der Waals surface area (Å²) in [4.78, 5) is 136. The molecule has 31 nitrogen and oxygen atoms in total. The van der Waals surface area contributed by atoms with Crippen LogP contribution in [0.3, 0.4) is 0 Å². The fourth-order valence-corrected chi connectivity index (χ4v) is 8.56. The minimum atomic E-state index is -1.32. The van der Waals surface area contributed by atoms with Crippen molar-refractivity contribution in [2.75, 3.05) is 52.4 Å². The van der Waals surface area contributed by atoms with E-state index >= 15 is 0 Å². The van der Waals surface area contributed by atoms with E-state index in [2.05, 4.69) is 52.2 Å². The molecule has 0 aromatic heterocycles. The smallest absolute Gasteiger partial charge is 0.326 e. The second-order valence-electron chi connectivity index (χ2n) is 20.1. The van der Waals surface area contributed by atoms with Gasteiger partial charge in [-0.05, 0) is 141 Å². The van der Waals surface area contributed by atoms with E-state index in [1.165, 1.54) is 4.90 Å². The Balaban J connectivity index is 3.43. The largest absolute Gasteiger partial charge is 0.480 e. The number of aliphatic imine (C=N–C) groups is 3. The quantitative estimate of drug-likeness (QED) is 0.0154. The molecule has 0 unspecified atom stereocenters. The molecule has 31 heteroatoms. The van der Waals surface area contributed by atoms with E-state index in [0.717, 1.165) is 0 Å². The number of carbonyl (C=O) groups is 9. The highest BCUT2D eigenvalue weighted by Gasteiger charge is 2.40. The lowest BCUT2D eigenvalue weighted by Crippen LogP contribution is -2.58. The summed E-state index contributed by atoms with van der Waals surface area (Å²) in [6.07, 6.45) is 4.79. The monoisotopic (exact) mass is 1140 g/mol. The van der Waals surface area contributed by atoms with Gasteiger partial charge in [0.2, 0.25) is 47.3 Å². The maximum Gasteiger partial charge on any atom is 0.326 e. The van der Waals surface area contributed by atoms with Crippen LogP contribution in [0.25, 0.3) is 0 Å². The Hall–Kier alpha value is -7.12. The Morgan fingerprint density at radius 2 is 0.912 bits per heavy atom. The maximum absolute atomic E-state index is 14.3. The molecule has 0 saturated carbocycles. The van der Waals surface area contributed by atoms with Gasteiger partial charge in [0.05, 0.1) is 12.6 Å². The van der Waals surface area contributed by atoms with Crippen LogP contribution >= 0.6 is 0 Å². The highest BCUT2D eigenvalue weighted by molar-refractivity contribution is 5.97. The molecule has 1 saturated heterocycles. The third-order valence-corrected chi connectivity index (χ3v) is 12.8. The molecule has 0 aromatic carbocycles. The molecule has 0 aromatic rings. The molecule has 8 atom stereocenters. The molecular formula is C49H95N21O10. The molecule has 0 spiro atoms. The minimum Gasteiger partial charge on any atom is -0.480 e. The number of unbranched alkanes of at least 4 members (excludes halogenated alkanes) is 3. The molecule has 0 aliphatic carbocycles. The molecule has 8 amide bonds. The zero-order chi connectivity index (χ0) is 60.2. The van der Waals surface area contributed by atoms with Crippen LogP contribution in [0.5, 0.6) is 0 Å². The van der Waals surface area contributed by atoms with Crippen molar-refractivity contribution in [2.45, 2.75) is 178 Å². The molecule has 28 N–H and O–H groups in total. The number of nitrogens with zero attached hydrogens (tertiary/aromatic N) is 4. The predicted molar refractivity (Wildman–Crippen MR) is 303 cm³/mol. The van der Waals surface area contributed by atoms with E-state index in [4.69, 9.17) is 57.3 Å². The fourth-order valence-electron chi connectivity index (χ4n) is 8.56. The van der Waals surface area contributed by atoms with Crippen molar-refractivity contribution >= 4 is 71.1 Å². The van der Waals surface area contributed by atoms with Gasteiger partial charge in [-0.15, -0.1) is 0 Å². The summed E-state index contributed by atoms with van der Waals surface area (Å²) in [5, 5.41) is 28.3. The average Bonchev–Trinajstić information content (AvgIpc) is 3.89. The van der Waals surface area contributed by atoms with Gasteiger partial charge >= 0.3 is 5.97 Å². The first-order valence-electron chi connectivity index (χ1n) is 27.6. The number of carboxylic acids is 1. The first-order chi connectivity index (χ1) is 37.9. The molecule has 1 aliphatic heterocycles. The van der Waals surface area contributed by atoms with Crippen molar-refractivity contribution < 1.29 is 48.3 Å². The van der Waals surface area contributed by atoms with E-state index in [9.17, 15) is 48.3 Å². The second kappa shape index (κ2) is 40.1. The van der Waals surface area contributed by atoms with Crippen molar-refractivity contribution in [3.8, 4) is 0 Å². The zero-order valence-corrected chi connectivity index (χ0v) is 46.8. The fraction of sp³-hybridized carbons (Fsp3) is 0.755. The SMILES string of the molecule is CC(C)C[C@H](NC(=O)[C@@H]1CCCN1C(=O)[C@H](CCCCN)NC(=O)[C@H](CCCN=C(N)N)NC(=O)CNC(=O)[C@H](CCCN=C(N)N)NC(=O)[C@H](CCCCN)NC(=O)[C@H](CCCCN)NC(=O)[C@@H](N)CCCN=C(N)N)C(=O)O. The van der Waals surface area contributed by atoms with Crippen LogP contribution in [0, 0.1) is 5.92 Å². The van der Waals surface area contributed by atoms with Gasteiger partial charge in [-0.3, -0.25) is 53.3 Å². The predicted octanol–water partition coefficient (Wildman–Crippen LogP) is -5.99. The summed E-state index contributed by atoms with van der Waals surface area (Å²) in [5.74, 6) is -7.54. The molecular weight excluding hydrogens is 1040 g/mol. The van der Waals surface area contributed by atoms with E-state index < -0.39 is 108 Å². The third-order valence-electron chi connectivity index (χ3n) is 12.8. The average molecular weight is 1140 g/mol. The van der Waals surface area contributed by atoms with Gasteiger partial charge in [0.15, 0.2) is 17.9 Å². The number of amides is 8. The summed E-state index contributed by atoms with van der Waals surface area (Å²) >= 11 is 0. The number of hydrogen-bond acceptors (Lipinski definition) is 16. The number of aliphatic carboxylic acids is 1. The summed E-state index contributed by atoms with van der Waals surface area (Å²) in [5.41, 5.74) is 56.2. The number of likely N-dealkylation sites (tertiary alicyclic amines) is 1. The number of carboxylic acid groups (broad SMARTS) is 1. The second-order valence-corrected chi connectivity index (χ2v) is 20.1. The van der Waals surface area contributed by atoms with Crippen molar-refractivity contribution in [1.29, 1.82) is 0 Å². The van der Waals surface area contributed by atoms with Crippen molar-refractivity contribution in [2.24, 2.45) is 78.2 Å². The standard InChI is InChI=1S/C49H95N21O10/c1-29(2)27-36(46(79)80)69-44(77)37-19-12-26-70(37)45(78)35(16-5-8-22-52)68-41(74)32(18-11-25-62-49(58)59)64-38(71)28-63-40(73)31(17-10-24-61-48(56)57)66-43(76)34(15-4-7-21-51)67-42(75)33(14-3-6-20-50)65-39(72)30(53)13-9-23-60-47(54)55/h29-37H,3-28,50-53H2,1-2H3,(H,63,73)(H,64,71)(H,65,72)(H,66,76)(H,67,75)(H,68,74)(H,69,77)(H,79,80)(H4,54,55,60)(H4,56,57,61)(H4,58,59,62)/t30-,31-,32-,33-,34-,35-,36-,37-/m0/s1. The highest BCUT2D eigenvalue weighted by atomic mass is 16.4. The summed E-state index contributed by atoms with van der Waals surface area (Å²) < 4.78 is 0. The number of guanidine groups is 3. The normalized spacial score (nSPS) is 15.5. The highest BCUT2D eigenvalue weighted by Crippen LogP contribution is 2.21. The Morgan fingerprint density at radius 3 is 1.35 bits per heavy atom. The summed E-state index contributed by atoms with van der Waals surface area (Å²) in [6, 6.07) is -9.36. The van der Waals surface area contributed by atoms with Crippen LogP contribution in [0.1, 0.15) is 129 Å². The first kappa shape index (κ1) is 70.9. The lowest BCUT2D eigenvalue weighted by atomic mass is 10.0. The van der Waals surface area contributed by atoms with E-state index in [-0.39, 0.29) is 127 Å². The van der Waals surface area contributed by atoms with Crippen LogP contribution in [0.2, 0.25) is 0 Å². The first-order valence-corrected chi connectivity index (χ1v) is 27.6. The topological polar surface area (TPSA) is 559 Å². The number of hydrogen-bond donors (Lipinski definition) is 18. The van der Waals surface area contributed by atoms with Gasteiger partial charge in [-0.1, -0.05) is 13.8 Å². The lowest BCUT2D eigenvalue weighted by molar-refractivity contribution is -0.145. The molecule has 1 rings (SSSR count). The molecule has 1 aliphatic rings. The molecule has 1 fully saturated rings. The minimum absolute atomic E-state index is 0.0427. The Kier molecular flexibility index (Phi) is 35.5. The van der Waals surface area contributed by atoms with Crippen molar-refractivity contribution in [1.82, 2.24) is 42.1 Å². The lowest BCUT2D eigenvalue weighted by Gasteiger charge is -2.30. The zero-order valence-electron chi connectivity index (χ0n) is 46.8.